The molecule has 7 nitrogen and oxygen atoms in total. The molecule has 4 saturated carbocycles. The van der Waals surface area contributed by atoms with Crippen LogP contribution < -0.4 is 5.32 Å². The Morgan fingerprint density at radius 3 is 2.35 bits per heavy atom. The first-order valence-electron chi connectivity index (χ1n) is 14.4. The summed E-state index contributed by atoms with van der Waals surface area (Å²) >= 11 is 0. The monoisotopic (exact) mass is 544 g/mol. The molecule has 1 amide bonds. The fraction of sp³-hybridized carbons (Fsp3) is 0.500. The summed E-state index contributed by atoms with van der Waals surface area (Å²) in [7, 11) is 1.19. The number of anilines is 1. The van der Waals surface area contributed by atoms with Gasteiger partial charge < -0.3 is 15.0 Å². The first-order valence-corrected chi connectivity index (χ1v) is 14.4. The Kier molecular flexibility index (Phi) is 6.75. The van der Waals surface area contributed by atoms with Crippen LogP contribution >= 0.6 is 0 Å². The Balaban J connectivity index is 1.32. The van der Waals surface area contributed by atoms with Crippen LogP contribution in [0.2, 0.25) is 0 Å². The number of imidazole rings is 1. The molecular weight excluding hydrogens is 507 g/mol. The first kappa shape index (κ1) is 26.7. The lowest BCUT2D eigenvalue weighted by atomic mass is 9.48. The maximum Gasteiger partial charge on any atom is 0.340 e. The van der Waals surface area contributed by atoms with E-state index in [1.165, 1.54) is 57.8 Å². The van der Waals surface area contributed by atoms with E-state index in [4.69, 9.17) is 4.98 Å². The van der Waals surface area contributed by atoms with Crippen molar-refractivity contribution in [2.45, 2.75) is 72.1 Å². The predicted octanol–water partition coefficient (Wildman–Crippen LogP) is 6.72. The number of carbonyl (C=O) groups is 2. The van der Waals surface area contributed by atoms with Gasteiger partial charge in [0.25, 0.3) is 5.91 Å². The predicted molar refractivity (Wildman–Crippen MR) is 151 cm³/mol. The van der Waals surface area contributed by atoms with Crippen LogP contribution in [0.3, 0.4) is 0 Å². The molecule has 2 N–H and O–H groups in total. The molecule has 0 spiro atoms. The minimum atomic E-state index is -0.801. The van der Waals surface area contributed by atoms with Gasteiger partial charge in [-0.2, -0.15) is 0 Å². The van der Waals surface area contributed by atoms with Gasteiger partial charge in [-0.05, 0) is 125 Å². The number of carbonyl (C=O) groups excluding carboxylic acids is 2. The molecule has 40 heavy (non-hydrogen) atoms. The van der Waals surface area contributed by atoms with E-state index in [0.29, 0.717) is 22.6 Å². The molecule has 1 aromatic carbocycles. The molecule has 0 aliphatic heterocycles. The smallest absolute Gasteiger partial charge is 0.340 e. The van der Waals surface area contributed by atoms with Crippen molar-refractivity contribution in [3.8, 4) is 11.4 Å². The second-order valence-corrected chi connectivity index (χ2v) is 12.5. The van der Waals surface area contributed by atoms with Crippen LogP contribution in [0.25, 0.3) is 11.4 Å². The Morgan fingerprint density at radius 1 is 1.05 bits per heavy atom. The van der Waals surface area contributed by atoms with E-state index in [2.05, 4.69) is 20.0 Å². The van der Waals surface area contributed by atoms with E-state index >= 15 is 0 Å². The number of pyridine rings is 1. The minimum absolute atomic E-state index is 0.234. The number of aromatic nitrogens is 3. The van der Waals surface area contributed by atoms with Crippen LogP contribution in [0.4, 0.5) is 10.1 Å². The zero-order valence-electron chi connectivity index (χ0n) is 23.7. The number of benzene rings is 1. The van der Waals surface area contributed by atoms with Crippen LogP contribution in [0, 0.1) is 49.8 Å². The van der Waals surface area contributed by atoms with E-state index in [1.54, 1.807) is 0 Å². The molecule has 2 aromatic heterocycles. The molecule has 210 valence electrons. The summed E-state index contributed by atoms with van der Waals surface area (Å²) in [5.41, 5.74) is 5.28. The van der Waals surface area contributed by atoms with E-state index in [1.807, 2.05) is 26.8 Å². The number of aryl methyl sites for hydroxylation is 4. The SMILES string of the molecule is COC(=O)c1cc(NC(=O)c2nc(-c3c(C)cc(C)nc3C)[nH]c2CCC23CC4CC(CC(C4)C2)C3)ccc1F. The number of ether oxygens (including phenoxy) is 1. The van der Waals surface area contributed by atoms with Crippen LogP contribution in [0.5, 0.6) is 0 Å². The lowest BCUT2D eigenvalue weighted by Gasteiger charge is -2.57. The fourth-order valence-corrected chi connectivity index (χ4v) is 8.32. The number of nitrogens with zero attached hydrogens (tertiary/aromatic N) is 2. The number of rotatable bonds is 7. The number of hydrogen-bond donors (Lipinski definition) is 2. The lowest BCUT2D eigenvalue weighted by molar-refractivity contribution is -0.0570. The summed E-state index contributed by atoms with van der Waals surface area (Å²) in [4.78, 5) is 38.6. The number of halogens is 1. The van der Waals surface area contributed by atoms with E-state index in [-0.39, 0.29) is 5.56 Å². The van der Waals surface area contributed by atoms with Crippen molar-refractivity contribution in [3.05, 3.63) is 64.0 Å². The molecule has 3 aromatic rings. The third-order valence-electron chi connectivity index (χ3n) is 9.46. The second-order valence-electron chi connectivity index (χ2n) is 12.5. The van der Waals surface area contributed by atoms with Gasteiger partial charge >= 0.3 is 5.97 Å². The molecule has 4 bridgehead atoms. The topological polar surface area (TPSA) is 97.0 Å². The van der Waals surface area contributed by atoms with Crippen LogP contribution in [-0.4, -0.2) is 33.9 Å². The van der Waals surface area contributed by atoms with E-state index in [0.717, 1.165) is 64.9 Å². The Hall–Kier alpha value is -3.55. The molecule has 4 fully saturated rings. The van der Waals surface area contributed by atoms with Gasteiger partial charge in [0.15, 0.2) is 0 Å². The first-order chi connectivity index (χ1) is 19.1. The number of aromatic amines is 1. The van der Waals surface area contributed by atoms with Crippen molar-refractivity contribution in [2.75, 3.05) is 12.4 Å². The van der Waals surface area contributed by atoms with Crippen LogP contribution in [0.15, 0.2) is 24.3 Å². The number of H-pyrrole nitrogens is 1. The highest BCUT2D eigenvalue weighted by atomic mass is 19.1. The van der Waals surface area contributed by atoms with Gasteiger partial charge in [0.1, 0.15) is 17.3 Å². The molecule has 0 atom stereocenters. The molecular formula is C32H37FN4O3. The molecule has 0 saturated heterocycles. The van der Waals surface area contributed by atoms with Crippen molar-refractivity contribution in [1.82, 2.24) is 15.0 Å². The van der Waals surface area contributed by atoms with Crippen molar-refractivity contribution in [1.29, 1.82) is 0 Å². The van der Waals surface area contributed by atoms with E-state index < -0.39 is 17.7 Å². The van der Waals surface area contributed by atoms with Gasteiger partial charge in [-0.15, -0.1) is 0 Å². The second kappa shape index (κ2) is 10.1. The van der Waals surface area contributed by atoms with Crippen molar-refractivity contribution < 1.29 is 18.7 Å². The van der Waals surface area contributed by atoms with Crippen LogP contribution in [0.1, 0.15) is 88.4 Å². The molecule has 4 aliphatic rings. The van der Waals surface area contributed by atoms with Gasteiger partial charge in [0, 0.05) is 28.3 Å². The third kappa shape index (κ3) is 4.93. The van der Waals surface area contributed by atoms with Gasteiger partial charge in [-0.3, -0.25) is 9.78 Å². The summed E-state index contributed by atoms with van der Waals surface area (Å²) in [6, 6.07) is 5.89. The standard InChI is InChI=1S/C32H37FN4O3/c1-17-9-18(2)34-19(3)27(17)29-36-26(7-8-32-14-20-10-21(15-32)12-22(11-20)16-32)28(37-29)30(38)35-23-5-6-25(33)24(13-23)31(39)40-4/h5-6,9,13,20-22H,7-8,10-12,14-16H2,1-4H3,(H,35,38)(H,36,37). The average Bonchev–Trinajstić information content (AvgIpc) is 3.31. The van der Waals surface area contributed by atoms with Gasteiger partial charge in [-0.25, -0.2) is 14.2 Å². The Labute approximate surface area is 234 Å². The molecule has 0 radical (unpaired) electrons. The van der Waals surface area contributed by atoms with E-state index in [9.17, 15) is 14.0 Å². The highest BCUT2D eigenvalue weighted by molar-refractivity contribution is 6.04. The van der Waals surface area contributed by atoms with Crippen LogP contribution in [-0.2, 0) is 11.2 Å². The summed E-state index contributed by atoms with van der Waals surface area (Å²) in [5.74, 6) is 1.29. The summed E-state index contributed by atoms with van der Waals surface area (Å²) in [6.07, 6.45) is 9.85. The number of amides is 1. The molecule has 4 aliphatic carbocycles. The van der Waals surface area contributed by atoms with Gasteiger partial charge in [-0.1, -0.05) is 0 Å². The number of methoxy groups -OCH3 is 1. The summed E-state index contributed by atoms with van der Waals surface area (Å²) < 4.78 is 18.9. The highest BCUT2D eigenvalue weighted by Crippen LogP contribution is 2.61. The minimum Gasteiger partial charge on any atom is -0.465 e. The molecule has 0 unspecified atom stereocenters. The lowest BCUT2D eigenvalue weighted by Crippen LogP contribution is -2.46. The zero-order chi connectivity index (χ0) is 28.2. The van der Waals surface area contributed by atoms with Gasteiger partial charge in [0.05, 0.1) is 12.7 Å². The third-order valence-corrected chi connectivity index (χ3v) is 9.46. The van der Waals surface area contributed by atoms with Crippen molar-refractivity contribution >= 4 is 17.6 Å². The number of hydrogen-bond acceptors (Lipinski definition) is 5. The summed E-state index contributed by atoms with van der Waals surface area (Å²) in [6.45, 7) is 5.95. The Morgan fingerprint density at radius 2 is 1.73 bits per heavy atom. The maximum absolute atomic E-state index is 14.2. The van der Waals surface area contributed by atoms with Crippen molar-refractivity contribution in [3.63, 3.8) is 0 Å². The molecule has 8 heteroatoms. The van der Waals surface area contributed by atoms with Crippen molar-refractivity contribution in [2.24, 2.45) is 23.2 Å². The zero-order valence-corrected chi connectivity index (χ0v) is 23.7. The normalized spacial score (nSPS) is 24.8. The number of esters is 1. The maximum atomic E-state index is 14.2. The quantitative estimate of drug-likeness (QED) is 0.322. The largest absolute Gasteiger partial charge is 0.465 e. The number of nitrogens with one attached hydrogen (secondary N) is 2. The molecule has 2 heterocycles. The average molecular weight is 545 g/mol. The fourth-order valence-electron chi connectivity index (χ4n) is 8.32. The summed E-state index contributed by atoms with van der Waals surface area (Å²) in [5, 5.41) is 2.83. The highest BCUT2D eigenvalue weighted by Gasteiger charge is 2.50. The van der Waals surface area contributed by atoms with Gasteiger partial charge in [0.2, 0.25) is 0 Å². The Bertz CT molecular complexity index is 1430. The molecule has 7 rings (SSSR count).